The van der Waals surface area contributed by atoms with E-state index in [2.05, 4.69) is 11.0 Å². The first kappa shape index (κ1) is 26.3. The Morgan fingerprint density at radius 3 is 2.36 bits per heavy atom. The predicted octanol–water partition coefficient (Wildman–Crippen LogP) is 5.48. The second-order valence-corrected chi connectivity index (χ2v) is 9.50. The molecular weight excluding hydrogens is 499 g/mol. The fourth-order valence-electron chi connectivity index (χ4n) is 4.10. The lowest BCUT2D eigenvalue weighted by atomic mass is 10.1. The Labute approximate surface area is 222 Å². The van der Waals surface area contributed by atoms with Gasteiger partial charge in [0.2, 0.25) is 0 Å². The van der Waals surface area contributed by atoms with Gasteiger partial charge in [0.1, 0.15) is 11.5 Å². The molecule has 0 aliphatic carbocycles. The number of amides is 1. The SMILES string of the molecule is COc1cccc([C@H](CN2CCN(C(=O)COc3ccc(Cl)cc3)CC2)OCc2cccc(Cl)c2)c1. The van der Waals surface area contributed by atoms with Crippen molar-refractivity contribution >= 4 is 29.1 Å². The maximum Gasteiger partial charge on any atom is 0.260 e. The fourth-order valence-corrected chi connectivity index (χ4v) is 4.44. The third-order valence-corrected chi connectivity index (χ3v) is 6.62. The van der Waals surface area contributed by atoms with Gasteiger partial charge in [0.05, 0.1) is 19.8 Å². The van der Waals surface area contributed by atoms with Gasteiger partial charge in [0.15, 0.2) is 6.61 Å². The van der Waals surface area contributed by atoms with Gasteiger partial charge in [-0.05, 0) is 59.7 Å². The molecule has 1 atom stereocenters. The van der Waals surface area contributed by atoms with E-state index in [0.29, 0.717) is 42.0 Å². The normalized spacial score (nSPS) is 14.9. The summed E-state index contributed by atoms with van der Waals surface area (Å²) >= 11 is 12.0. The van der Waals surface area contributed by atoms with Crippen LogP contribution in [0.5, 0.6) is 11.5 Å². The molecule has 1 amide bonds. The molecule has 1 fully saturated rings. The smallest absolute Gasteiger partial charge is 0.260 e. The first-order valence-corrected chi connectivity index (χ1v) is 12.6. The van der Waals surface area contributed by atoms with Crippen LogP contribution < -0.4 is 9.47 Å². The number of rotatable bonds is 10. The maximum absolute atomic E-state index is 12.7. The van der Waals surface area contributed by atoms with E-state index >= 15 is 0 Å². The topological polar surface area (TPSA) is 51.2 Å². The van der Waals surface area contributed by atoms with Crippen LogP contribution in [0.1, 0.15) is 17.2 Å². The predicted molar refractivity (Wildman–Crippen MR) is 142 cm³/mol. The van der Waals surface area contributed by atoms with E-state index in [4.69, 9.17) is 37.4 Å². The highest BCUT2D eigenvalue weighted by Gasteiger charge is 2.25. The maximum atomic E-state index is 12.7. The molecule has 0 bridgehead atoms. The summed E-state index contributed by atoms with van der Waals surface area (Å²) in [6.45, 7) is 3.96. The molecule has 0 aromatic heterocycles. The first-order valence-electron chi connectivity index (χ1n) is 11.9. The third kappa shape index (κ3) is 7.61. The molecule has 1 aliphatic rings. The summed E-state index contributed by atoms with van der Waals surface area (Å²) in [5.74, 6) is 1.40. The highest BCUT2D eigenvalue weighted by molar-refractivity contribution is 6.30. The van der Waals surface area contributed by atoms with Crippen molar-refractivity contribution in [2.24, 2.45) is 0 Å². The molecule has 8 heteroatoms. The van der Waals surface area contributed by atoms with E-state index in [1.165, 1.54) is 0 Å². The zero-order chi connectivity index (χ0) is 25.3. The Morgan fingerprint density at radius 1 is 0.889 bits per heavy atom. The second-order valence-electron chi connectivity index (χ2n) is 8.63. The number of piperazine rings is 1. The third-order valence-electron chi connectivity index (χ3n) is 6.13. The Hall–Kier alpha value is -2.77. The van der Waals surface area contributed by atoms with Crippen LogP contribution in [0.4, 0.5) is 0 Å². The number of halogens is 2. The van der Waals surface area contributed by atoms with Gasteiger partial charge in [0.25, 0.3) is 5.91 Å². The Morgan fingerprint density at radius 2 is 1.64 bits per heavy atom. The van der Waals surface area contributed by atoms with E-state index < -0.39 is 0 Å². The van der Waals surface area contributed by atoms with Gasteiger partial charge in [0, 0.05) is 42.8 Å². The monoisotopic (exact) mass is 528 g/mol. The van der Waals surface area contributed by atoms with E-state index in [0.717, 1.165) is 30.0 Å². The van der Waals surface area contributed by atoms with Gasteiger partial charge in [-0.2, -0.15) is 0 Å². The lowest BCUT2D eigenvalue weighted by Gasteiger charge is -2.36. The van der Waals surface area contributed by atoms with Gasteiger partial charge in [-0.15, -0.1) is 0 Å². The largest absolute Gasteiger partial charge is 0.497 e. The van der Waals surface area contributed by atoms with Crippen molar-refractivity contribution in [2.45, 2.75) is 12.7 Å². The van der Waals surface area contributed by atoms with Gasteiger partial charge in [-0.1, -0.05) is 47.5 Å². The highest BCUT2D eigenvalue weighted by atomic mass is 35.5. The minimum absolute atomic E-state index is 0.0107. The van der Waals surface area contributed by atoms with Crippen molar-refractivity contribution in [3.63, 3.8) is 0 Å². The van der Waals surface area contributed by atoms with Crippen molar-refractivity contribution < 1.29 is 19.0 Å². The van der Waals surface area contributed by atoms with Crippen molar-refractivity contribution in [1.82, 2.24) is 9.80 Å². The van der Waals surface area contributed by atoms with Crippen LogP contribution in [0.25, 0.3) is 0 Å². The molecule has 0 spiro atoms. The summed E-state index contributed by atoms with van der Waals surface area (Å²) in [7, 11) is 1.66. The summed E-state index contributed by atoms with van der Waals surface area (Å²) in [6.07, 6.45) is -0.158. The van der Waals surface area contributed by atoms with Gasteiger partial charge >= 0.3 is 0 Å². The van der Waals surface area contributed by atoms with E-state index in [1.54, 1.807) is 31.4 Å². The summed E-state index contributed by atoms with van der Waals surface area (Å²) in [5.41, 5.74) is 2.07. The Balaban J connectivity index is 1.33. The average molecular weight is 529 g/mol. The molecule has 0 saturated carbocycles. The lowest BCUT2D eigenvalue weighted by molar-refractivity contribution is -0.135. The summed E-state index contributed by atoms with van der Waals surface area (Å²) in [6, 6.07) is 22.7. The molecule has 3 aromatic carbocycles. The van der Waals surface area contributed by atoms with Crippen molar-refractivity contribution in [2.75, 3.05) is 46.4 Å². The van der Waals surface area contributed by atoms with Crippen LogP contribution in [0, 0.1) is 0 Å². The molecule has 6 nitrogen and oxygen atoms in total. The summed E-state index contributed by atoms with van der Waals surface area (Å²) in [4.78, 5) is 16.8. The van der Waals surface area contributed by atoms with Gasteiger partial charge in [-0.25, -0.2) is 0 Å². The number of carbonyl (C=O) groups is 1. The van der Waals surface area contributed by atoms with Crippen LogP contribution in [0.15, 0.2) is 72.8 Å². The fraction of sp³-hybridized carbons (Fsp3) is 0.321. The molecule has 0 radical (unpaired) electrons. The van der Waals surface area contributed by atoms with Crippen LogP contribution >= 0.6 is 23.2 Å². The quantitative estimate of drug-likeness (QED) is 0.348. The highest BCUT2D eigenvalue weighted by Crippen LogP contribution is 2.25. The standard InChI is InChI=1S/C28H30Cl2N2O4/c1-34-26-7-3-5-22(17-26)27(36-19-21-4-2-6-24(30)16-21)18-31-12-14-32(15-13-31)28(33)20-35-25-10-8-23(29)9-11-25/h2-11,16-17,27H,12-15,18-20H2,1H3/t27-/m0/s1. The molecule has 1 saturated heterocycles. The zero-order valence-corrected chi connectivity index (χ0v) is 21.8. The number of nitrogens with zero attached hydrogens (tertiary/aromatic N) is 2. The van der Waals surface area contributed by atoms with E-state index in [1.807, 2.05) is 47.4 Å². The van der Waals surface area contributed by atoms with Crippen molar-refractivity contribution in [3.05, 3.63) is 94.0 Å². The molecule has 0 unspecified atom stereocenters. The van der Waals surface area contributed by atoms with E-state index in [9.17, 15) is 4.79 Å². The Kier molecular flexibility index (Phi) is 9.47. The zero-order valence-electron chi connectivity index (χ0n) is 20.2. The van der Waals surface area contributed by atoms with Crippen molar-refractivity contribution in [3.8, 4) is 11.5 Å². The number of hydrogen-bond donors (Lipinski definition) is 0. The summed E-state index contributed by atoms with van der Waals surface area (Å²) < 4.78 is 17.4. The molecule has 1 aliphatic heterocycles. The molecule has 1 heterocycles. The molecule has 36 heavy (non-hydrogen) atoms. The second kappa shape index (κ2) is 13.0. The van der Waals surface area contributed by atoms with Crippen molar-refractivity contribution in [1.29, 1.82) is 0 Å². The molecule has 4 rings (SSSR count). The minimum atomic E-state index is -0.158. The number of methoxy groups -OCH3 is 1. The van der Waals surface area contributed by atoms with Crippen LogP contribution in [-0.2, 0) is 16.1 Å². The van der Waals surface area contributed by atoms with Crippen LogP contribution in [0.2, 0.25) is 10.0 Å². The molecular formula is C28H30Cl2N2O4. The molecule has 0 N–H and O–H groups in total. The van der Waals surface area contributed by atoms with Gasteiger partial charge < -0.3 is 19.1 Å². The summed E-state index contributed by atoms with van der Waals surface area (Å²) in [5, 5.41) is 1.32. The number of carbonyl (C=O) groups excluding carboxylic acids is 1. The van der Waals surface area contributed by atoms with Crippen LogP contribution in [0.3, 0.4) is 0 Å². The van der Waals surface area contributed by atoms with Gasteiger partial charge in [-0.3, -0.25) is 9.69 Å². The minimum Gasteiger partial charge on any atom is -0.497 e. The Bertz CT molecular complexity index is 1130. The first-order chi connectivity index (χ1) is 17.5. The van der Waals surface area contributed by atoms with E-state index in [-0.39, 0.29) is 18.6 Å². The molecule has 3 aromatic rings. The lowest BCUT2D eigenvalue weighted by Crippen LogP contribution is -2.50. The number of benzene rings is 3. The molecule has 190 valence electrons. The average Bonchev–Trinajstić information content (AvgIpc) is 2.91. The van der Waals surface area contributed by atoms with Crippen LogP contribution in [-0.4, -0.2) is 62.1 Å². The number of hydrogen-bond acceptors (Lipinski definition) is 5. The number of ether oxygens (including phenoxy) is 3.